The number of fused-ring (bicyclic) bond motifs is 1. The molecule has 4 rings (SSSR count). The summed E-state index contributed by atoms with van der Waals surface area (Å²) in [5.74, 6) is 0.151. The lowest BCUT2D eigenvalue weighted by molar-refractivity contribution is 0.0695. The highest BCUT2D eigenvalue weighted by molar-refractivity contribution is 7.85. The van der Waals surface area contributed by atoms with Gasteiger partial charge in [-0.05, 0) is 48.9 Å². The number of rotatable bonds is 7. The van der Waals surface area contributed by atoms with E-state index in [0.717, 1.165) is 10.9 Å². The Morgan fingerprint density at radius 1 is 0.950 bits per heavy atom. The van der Waals surface area contributed by atoms with E-state index < -0.39 is 16.1 Å². The van der Waals surface area contributed by atoms with Gasteiger partial charge < -0.3 is 25.2 Å². The molecule has 0 unspecified atom stereocenters. The number of amides is 1. The van der Waals surface area contributed by atoms with Gasteiger partial charge in [0, 0.05) is 35.3 Å². The summed E-state index contributed by atoms with van der Waals surface area (Å²) in [4.78, 5) is 33.3. The maximum Gasteiger partial charge on any atom is 0.335 e. The second-order valence-electron chi connectivity index (χ2n) is 8.47. The molecule has 0 fully saturated rings. The van der Waals surface area contributed by atoms with E-state index in [1.807, 2.05) is 24.3 Å². The van der Waals surface area contributed by atoms with Crippen LogP contribution in [0.1, 0.15) is 26.3 Å². The number of nitrogens with one attached hydrogen (secondary N) is 2. The summed E-state index contributed by atoms with van der Waals surface area (Å²) in [5, 5.41) is 15.8. The predicted octanol–water partition coefficient (Wildman–Crippen LogP) is 4.12. The third-order valence-corrected chi connectivity index (χ3v) is 5.54. The number of carbonyl (C=O) groups is 2. The highest BCUT2D eigenvalue weighted by Gasteiger charge is 2.16. The molecule has 0 saturated carbocycles. The Morgan fingerprint density at radius 2 is 1.60 bits per heavy atom. The van der Waals surface area contributed by atoms with Crippen molar-refractivity contribution in [2.45, 2.75) is 6.92 Å². The van der Waals surface area contributed by atoms with E-state index in [9.17, 15) is 23.1 Å². The molecule has 0 spiro atoms. The topological polar surface area (TPSA) is 177 Å². The fraction of sp³-hybridized carbons (Fsp3) is 0.185. The highest BCUT2D eigenvalue weighted by atomic mass is 32.2. The highest BCUT2D eigenvalue weighted by Crippen LogP contribution is 2.36. The van der Waals surface area contributed by atoms with Crippen LogP contribution in [0.3, 0.4) is 0 Å². The largest absolute Gasteiger partial charge is 0.493 e. The molecule has 0 bridgehead atoms. The van der Waals surface area contributed by atoms with Gasteiger partial charge in [0.2, 0.25) is 5.95 Å². The SMILES string of the molecule is CNc1nc(-c2cccc(NC(=O)c3ccc(C(=O)O)c(C)c3)c2)c2cc(OC)c(OC)cc2n1.CS(=O)(=O)O. The van der Waals surface area contributed by atoms with Crippen LogP contribution in [0.15, 0.2) is 54.6 Å². The number of carbonyl (C=O) groups excluding carboxylic acids is 1. The van der Waals surface area contributed by atoms with Gasteiger partial charge >= 0.3 is 5.97 Å². The average molecular weight is 569 g/mol. The van der Waals surface area contributed by atoms with E-state index in [2.05, 4.69) is 20.6 Å². The van der Waals surface area contributed by atoms with Crippen molar-refractivity contribution in [2.75, 3.05) is 38.2 Å². The summed E-state index contributed by atoms with van der Waals surface area (Å²) < 4.78 is 36.7. The van der Waals surface area contributed by atoms with Crippen molar-refractivity contribution >= 4 is 44.5 Å². The van der Waals surface area contributed by atoms with Crippen LogP contribution >= 0.6 is 0 Å². The van der Waals surface area contributed by atoms with Crippen LogP contribution in [-0.4, -0.2) is 67.4 Å². The number of methoxy groups -OCH3 is 2. The smallest absolute Gasteiger partial charge is 0.335 e. The lowest BCUT2D eigenvalue weighted by atomic mass is 10.0. The molecule has 4 N–H and O–H groups in total. The molecule has 40 heavy (non-hydrogen) atoms. The minimum atomic E-state index is -3.67. The van der Waals surface area contributed by atoms with Crippen molar-refractivity contribution in [1.82, 2.24) is 9.97 Å². The molecule has 1 amide bonds. The van der Waals surface area contributed by atoms with Crippen molar-refractivity contribution in [3.63, 3.8) is 0 Å². The minimum Gasteiger partial charge on any atom is -0.493 e. The van der Waals surface area contributed by atoms with Crippen molar-refractivity contribution in [3.05, 3.63) is 71.3 Å². The molecule has 1 heterocycles. The number of aryl methyl sites for hydroxylation is 1. The Hall–Kier alpha value is -4.75. The Morgan fingerprint density at radius 3 is 2.17 bits per heavy atom. The van der Waals surface area contributed by atoms with E-state index in [0.29, 0.717) is 51.7 Å². The number of ether oxygens (including phenoxy) is 2. The summed E-state index contributed by atoms with van der Waals surface area (Å²) in [5.41, 5.74) is 3.67. The van der Waals surface area contributed by atoms with Crippen LogP contribution < -0.4 is 20.1 Å². The molecule has 0 aliphatic rings. The number of anilines is 2. The number of hydrogen-bond acceptors (Lipinski definition) is 9. The zero-order chi connectivity index (χ0) is 29.6. The van der Waals surface area contributed by atoms with Crippen molar-refractivity contribution in [2.24, 2.45) is 0 Å². The van der Waals surface area contributed by atoms with Gasteiger partial charge in [-0.1, -0.05) is 12.1 Å². The number of carboxylic acid groups (broad SMARTS) is 1. The number of aromatic nitrogens is 2. The first-order valence-corrected chi connectivity index (χ1v) is 13.5. The van der Waals surface area contributed by atoms with E-state index in [1.54, 1.807) is 46.4 Å². The molecule has 12 nitrogen and oxygen atoms in total. The normalized spacial score (nSPS) is 10.8. The monoisotopic (exact) mass is 568 g/mol. The average Bonchev–Trinajstić information content (AvgIpc) is 2.90. The summed E-state index contributed by atoms with van der Waals surface area (Å²) in [6.07, 6.45) is 0.715. The lowest BCUT2D eigenvalue weighted by Crippen LogP contribution is -2.13. The molecule has 0 saturated heterocycles. The number of aromatic carboxylic acids is 1. The lowest BCUT2D eigenvalue weighted by Gasteiger charge is -2.14. The number of carboxylic acids is 1. The van der Waals surface area contributed by atoms with E-state index >= 15 is 0 Å². The third-order valence-electron chi connectivity index (χ3n) is 5.54. The fourth-order valence-corrected chi connectivity index (χ4v) is 3.78. The molecular weight excluding hydrogens is 540 g/mol. The first-order chi connectivity index (χ1) is 18.8. The molecular formula is C27H28N4O8S. The molecule has 1 aromatic heterocycles. The summed E-state index contributed by atoms with van der Waals surface area (Å²) in [6, 6.07) is 15.4. The van der Waals surface area contributed by atoms with Crippen LogP contribution in [0, 0.1) is 6.92 Å². The van der Waals surface area contributed by atoms with Crippen LogP contribution in [0.2, 0.25) is 0 Å². The number of hydrogen-bond donors (Lipinski definition) is 4. The summed E-state index contributed by atoms with van der Waals surface area (Å²) in [7, 11) is 1.20. The van der Waals surface area contributed by atoms with Gasteiger partial charge in [-0.25, -0.2) is 14.8 Å². The second-order valence-corrected chi connectivity index (χ2v) is 9.94. The molecule has 0 aliphatic heterocycles. The van der Waals surface area contributed by atoms with Crippen LogP contribution in [0.25, 0.3) is 22.2 Å². The summed E-state index contributed by atoms with van der Waals surface area (Å²) in [6.45, 7) is 1.66. The van der Waals surface area contributed by atoms with Crippen LogP contribution in [0.4, 0.5) is 11.6 Å². The van der Waals surface area contributed by atoms with Crippen LogP contribution in [-0.2, 0) is 10.1 Å². The third kappa shape index (κ3) is 7.42. The van der Waals surface area contributed by atoms with Gasteiger partial charge in [0.1, 0.15) is 0 Å². The van der Waals surface area contributed by atoms with Crippen molar-refractivity contribution in [3.8, 4) is 22.8 Å². The molecule has 3 aromatic carbocycles. The fourth-order valence-electron chi connectivity index (χ4n) is 3.78. The van der Waals surface area contributed by atoms with Gasteiger partial charge in [-0.15, -0.1) is 0 Å². The Labute approximate surface area is 230 Å². The minimum absolute atomic E-state index is 0.159. The predicted molar refractivity (Wildman–Crippen MR) is 151 cm³/mol. The van der Waals surface area contributed by atoms with E-state index in [4.69, 9.17) is 14.0 Å². The van der Waals surface area contributed by atoms with Crippen molar-refractivity contribution < 1.29 is 37.1 Å². The quantitative estimate of drug-likeness (QED) is 0.236. The van der Waals surface area contributed by atoms with Gasteiger partial charge in [-0.3, -0.25) is 9.35 Å². The van der Waals surface area contributed by atoms with E-state index in [1.165, 1.54) is 12.1 Å². The Balaban J connectivity index is 0.000000810. The maximum atomic E-state index is 12.8. The zero-order valence-electron chi connectivity index (χ0n) is 22.3. The van der Waals surface area contributed by atoms with E-state index in [-0.39, 0.29) is 11.5 Å². The first-order valence-electron chi connectivity index (χ1n) is 11.6. The Kier molecular flexibility index (Phi) is 9.24. The standard InChI is InChI=1S/C26H24N4O5.CH4O3S/c1-14-10-16(8-9-18(14)25(32)33)24(31)28-17-7-5-6-15(11-17)23-19-12-21(34-3)22(35-4)13-20(19)29-26(27-2)30-23;1-5(2,3)4/h5-13H,1-4H3,(H,28,31)(H,32,33)(H,27,29,30);1H3,(H,2,3,4). The molecule has 13 heteroatoms. The molecule has 0 atom stereocenters. The van der Waals surface area contributed by atoms with Crippen molar-refractivity contribution in [1.29, 1.82) is 0 Å². The number of nitrogens with zero attached hydrogens (tertiary/aromatic N) is 2. The molecule has 0 radical (unpaired) electrons. The first kappa shape index (κ1) is 29.8. The maximum absolute atomic E-state index is 12.8. The van der Waals surface area contributed by atoms with Crippen LogP contribution in [0.5, 0.6) is 11.5 Å². The zero-order valence-corrected chi connectivity index (χ0v) is 23.2. The second kappa shape index (κ2) is 12.4. The number of benzene rings is 3. The Bertz CT molecular complexity index is 1680. The van der Waals surface area contributed by atoms with Gasteiger partial charge in [0.25, 0.3) is 16.0 Å². The van der Waals surface area contributed by atoms with Gasteiger partial charge in [-0.2, -0.15) is 8.42 Å². The molecule has 0 aliphatic carbocycles. The summed E-state index contributed by atoms with van der Waals surface area (Å²) >= 11 is 0. The van der Waals surface area contributed by atoms with Gasteiger partial charge in [0.15, 0.2) is 11.5 Å². The molecule has 4 aromatic rings. The van der Waals surface area contributed by atoms with Gasteiger partial charge in [0.05, 0.1) is 37.2 Å². The molecule has 210 valence electrons.